The van der Waals surface area contributed by atoms with Crippen molar-refractivity contribution in [2.24, 2.45) is 5.10 Å². The van der Waals surface area contributed by atoms with E-state index in [9.17, 15) is 4.79 Å². The lowest BCUT2D eigenvalue weighted by atomic mass is 10.1. The summed E-state index contributed by atoms with van der Waals surface area (Å²) in [6.07, 6.45) is 5.34. The average Bonchev–Trinajstić information content (AvgIpc) is 2.78. The molecule has 30 heavy (non-hydrogen) atoms. The highest BCUT2D eigenvalue weighted by Gasteiger charge is 2.07. The molecule has 3 rings (SSSR count). The minimum Gasteiger partial charge on any atom is -0.384 e. The van der Waals surface area contributed by atoms with Crippen LogP contribution in [0.2, 0.25) is 0 Å². The van der Waals surface area contributed by atoms with Gasteiger partial charge in [0, 0.05) is 25.0 Å². The summed E-state index contributed by atoms with van der Waals surface area (Å²) in [6, 6.07) is 21.9. The zero-order valence-corrected chi connectivity index (χ0v) is 17.2. The van der Waals surface area contributed by atoms with Crippen LogP contribution < -0.4 is 16.1 Å². The predicted octanol–water partition coefficient (Wildman–Crippen LogP) is 4.23. The number of benzene rings is 2. The number of nitrogens with two attached hydrogens (primary N) is 1. The van der Waals surface area contributed by atoms with Gasteiger partial charge >= 0.3 is 0 Å². The summed E-state index contributed by atoms with van der Waals surface area (Å²) in [7, 11) is 0. The molecule has 6 heteroatoms. The molecule has 6 nitrogen and oxygen atoms in total. The Kier molecular flexibility index (Phi) is 7.55. The number of anilines is 2. The molecule has 3 N–H and O–H groups in total. The molecule has 154 valence electrons. The zero-order valence-electron chi connectivity index (χ0n) is 17.2. The molecule has 0 fully saturated rings. The van der Waals surface area contributed by atoms with Crippen molar-refractivity contribution in [3.63, 3.8) is 0 Å². The number of amides is 1. The third-order valence-electron chi connectivity index (χ3n) is 4.68. The maximum absolute atomic E-state index is 12.1. The number of aromatic nitrogens is 1. The van der Waals surface area contributed by atoms with Crippen LogP contribution in [0.15, 0.2) is 78.0 Å². The van der Waals surface area contributed by atoms with Crippen LogP contribution in [-0.2, 0) is 6.54 Å². The van der Waals surface area contributed by atoms with Crippen LogP contribution in [0.5, 0.6) is 0 Å². The van der Waals surface area contributed by atoms with Gasteiger partial charge in [-0.1, -0.05) is 55.8 Å². The highest BCUT2D eigenvalue weighted by atomic mass is 16.2. The van der Waals surface area contributed by atoms with Crippen LogP contribution in [0.25, 0.3) is 0 Å². The summed E-state index contributed by atoms with van der Waals surface area (Å²) < 4.78 is 0. The number of unbranched alkanes of at least 4 members (excludes halogenated alkanes) is 1. The lowest BCUT2D eigenvalue weighted by Gasteiger charge is -2.25. The average molecular weight is 402 g/mol. The third-order valence-corrected chi connectivity index (χ3v) is 4.68. The number of hydrogen-bond acceptors (Lipinski definition) is 5. The van der Waals surface area contributed by atoms with Crippen molar-refractivity contribution in [2.75, 3.05) is 17.2 Å². The Morgan fingerprint density at radius 2 is 1.87 bits per heavy atom. The Hall–Kier alpha value is -3.67. The van der Waals surface area contributed by atoms with Crippen molar-refractivity contribution in [3.8, 4) is 0 Å². The SMILES string of the molecule is CCCCN(Cc1ccccc1)c1ccc(/C=N/NC(=O)c2ccc(N)nc2)cc1. The van der Waals surface area contributed by atoms with E-state index < -0.39 is 0 Å². The molecule has 0 bridgehead atoms. The van der Waals surface area contributed by atoms with Crippen molar-refractivity contribution >= 4 is 23.6 Å². The highest BCUT2D eigenvalue weighted by Crippen LogP contribution is 2.18. The number of hydrazone groups is 1. The Balaban J connectivity index is 1.62. The van der Waals surface area contributed by atoms with E-state index in [1.165, 1.54) is 17.4 Å². The van der Waals surface area contributed by atoms with Crippen molar-refractivity contribution in [2.45, 2.75) is 26.3 Å². The number of nitrogens with one attached hydrogen (secondary N) is 1. The zero-order chi connectivity index (χ0) is 21.2. The number of rotatable bonds is 9. The number of pyridine rings is 1. The molecule has 0 aliphatic heterocycles. The van der Waals surface area contributed by atoms with Crippen molar-refractivity contribution in [3.05, 3.63) is 89.6 Å². The molecule has 1 heterocycles. The molecule has 0 aliphatic carbocycles. The van der Waals surface area contributed by atoms with E-state index in [-0.39, 0.29) is 5.91 Å². The summed E-state index contributed by atoms with van der Waals surface area (Å²) >= 11 is 0. The van der Waals surface area contributed by atoms with Crippen LogP contribution in [-0.4, -0.2) is 23.7 Å². The highest BCUT2D eigenvalue weighted by molar-refractivity contribution is 5.94. The molecular formula is C24H27N5O. The van der Waals surface area contributed by atoms with E-state index in [4.69, 9.17) is 5.73 Å². The molecule has 3 aromatic rings. The largest absolute Gasteiger partial charge is 0.384 e. The number of hydrogen-bond donors (Lipinski definition) is 2. The van der Waals surface area contributed by atoms with Crippen LogP contribution in [0.4, 0.5) is 11.5 Å². The summed E-state index contributed by atoms with van der Waals surface area (Å²) in [5, 5.41) is 4.04. The van der Waals surface area contributed by atoms with E-state index in [0.29, 0.717) is 11.4 Å². The summed E-state index contributed by atoms with van der Waals surface area (Å²) in [4.78, 5) is 18.3. The smallest absolute Gasteiger partial charge is 0.272 e. The lowest BCUT2D eigenvalue weighted by molar-refractivity contribution is 0.0955. The Morgan fingerprint density at radius 1 is 1.10 bits per heavy atom. The summed E-state index contributed by atoms with van der Waals surface area (Å²) in [5.41, 5.74) is 11.8. The van der Waals surface area contributed by atoms with Gasteiger partial charge in [-0.25, -0.2) is 10.4 Å². The van der Waals surface area contributed by atoms with Crippen molar-refractivity contribution < 1.29 is 4.79 Å². The fourth-order valence-corrected chi connectivity index (χ4v) is 2.99. The Bertz CT molecular complexity index is 953. The van der Waals surface area contributed by atoms with E-state index in [0.717, 1.165) is 31.5 Å². The first-order valence-electron chi connectivity index (χ1n) is 10.1. The molecule has 0 aliphatic rings. The standard InChI is InChI=1S/C24H27N5O/c1-2-3-15-29(18-20-7-5-4-6-8-20)22-12-9-19(10-13-22)16-27-28-24(30)21-11-14-23(25)26-17-21/h4-14,16-17H,2-3,15,18H2,1H3,(H2,25,26)(H,28,30)/b27-16+. The van der Waals surface area contributed by atoms with Gasteiger partial charge in [-0.2, -0.15) is 5.10 Å². The fourth-order valence-electron chi connectivity index (χ4n) is 2.99. The molecule has 0 saturated heterocycles. The first-order chi connectivity index (χ1) is 14.7. The number of carbonyl (C=O) groups is 1. The van der Waals surface area contributed by atoms with Crippen LogP contribution in [0.3, 0.4) is 0 Å². The second kappa shape index (κ2) is 10.8. The normalized spacial score (nSPS) is 10.8. The van der Waals surface area contributed by atoms with Crippen molar-refractivity contribution in [1.29, 1.82) is 0 Å². The second-order valence-electron chi connectivity index (χ2n) is 7.02. The first-order valence-corrected chi connectivity index (χ1v) is 10.1. The number of carbonyl (C=O) groups excluding carboxylic acids is 1. The minimum atomic E-state index is -0.330. The van der Waals surface area contributed by atoms with Gasteiger partial charge < -0.3 is 10.6 Å². The van der Waals surface area contributed by atoms with Gasteiger partial charge in [-0.05, 0) is 41.8 Å². The lowest BCUT2D eigenvalue weighted by Crippen LogP contribution is -2.23. The van der Waals surface area contributed by atoms with Gasteiger partial charge in [0.25, 0.3) is 5.91 Å². The van der Waals surface area contributed by atoms with Crippen LogP contribution in [0, 0.1) is 0 Å². The number of nitrogens with zero attached hydrogens (tertiary/aromatic N) is 3. The minimum absolute atomic E-state index is 0.330. The van der Waals surface area contributed by atoms with Crippen LogP contribution >= 0.6 is 0 Å². The maximum atomic E-state index is 12.1. The Morgan fingerprint density at radius 3 is 2.53 bits per heavy atom. The molecule has 0 saturated carbocycles. The van der Waals surface area contributed by atoms with Gasteiger partial charge in [0.05, 0.1) is 11.8 Å². The fraction of sp³-hybridized carbons (Fsp3) is 0.208. The molecule has 2 aromatic carbocycles. The predicted molar refractivity (Wildman–Crippen MR) is 123 cm³/mol. The van der Waals surface area contributed by atoms with Gasteiger partial charge in [0.1, 0.15) is 5.82 Å². The van der Waals surface area contributed by atoms with Gasteiger partial charge in [0.2, 0.25) is 0 Å². The molecular weight excluding hydrogens is 374 g/mol. The molecule has 1 aromatic heterocycles. The second-order valence-corrected chi connectivity index (χ2v) is 7.02. The Labute approximate surface area is 177 Å². The van der Waals surface area contributed by atoms with Crippen LogP contribution in [0.1, 0.15) is 41.3 Å². The molecule has 1 amide bonds. The third kappa shape index (κ3) is 6.17. The monoisotopic (exact) mass is 401 g/mol. The van der Waals surface area contributed by atoms with Crippen molar-refractivity contribution in [1.82, 2.24) is 10.4 Å². The number of nitrogen functional groups attached to an aromatic ring is 1. The van der Waals surface area contributed by atoms with Gasteiger partial charge in [-0.3, -0.25) is 4.79 Å². The topological polar surface area (TPSA) is 83.6 Å². The maximum Gasteiger partial charge on any atom is 0.272 e. The molecule has 0 spiro atoms. The van der Waals surface area contributed by atoms with E-state index in [1.807, 2.05) is 18.2 Å². The van der Waals surface area contributed by atoms with E-state index in [2.05, 4.69) is 63.7 Å². The summed E-state index contributed by atoms with van der Waals surface area (Å²) in [6.45, 7) is 4.08. The van der Waals surface area contributed by atoms with Gasteiger partial charge in [0.15, 0.2) is 0 Å². The molecule has 0 unspecified atom stereocenters. The molecule has 0 radical (unpaired) electrons. The van der Waals surface area contributed by atoms with Gasteiger partial charge in [-0.15, -0.1) is 0 Å². The summed E-state index contributed by atoms with van der Waals surface area (Å²) in [5.74, 6) is 0.0411. The van der Waals surface area contributed by atoms with E-state index in [1.54, 1.807) is 18.3 Å². The van der Waals surface area contributed by atoms with E-state index >= 15 is 0 Å². The molecule has 0 atom stereocenters. The first kappa shape index (κ1) is 21.0. The quantitative estimate of drug-likeness (QED) is 0.415.